The number of aryl methyl sites for hydroxylation is 2. The normalized spacial score (nSPS) is 11.2. The van der Waals surface area contributed by atoms with Gasteiger partial charge in [-0.2, -0.15) is 0 Å². The van der Waals surface area contributed by atoms with Crippen LogP contribution in [0, 0.1) is 13.8 Å². The maximum atomic E-state index is 4.48. The van der Waals surface area contributed by atoms with Crippen LogP contribution in [0.2, 0.25) is 0 Å². The van der Waals surface area contributed by atoms with Crippen molar-refractivity contribution in [1.82, 2.24) is 15.2 Å². The molecule has 2 rings (SSSR count). The van der Waals surface area contributed by atoms with Gasteiger partial charge in [0.25, 0.3) is 0 Å². The maximum absolute atomic E-state index is 4.48. The minimum Gasteiger partial charge on any atom is -0.356 e. The van der Waals surface area contributed by atoms with Crippen molar-refractivity contribution in [2.24, 2.45) is 4.99 Å². The number of halogens is 1. The van der Waals surface area contributed by atoms with Gasteiger partial charge in [0, 0.05) is 43.4 Å². The number of thiazole rings is 1. The molecule has 0 amide bonds. The standard InChI is InChI=1S/C18H26N4S2.HI/c1-13-17(24-14(2)21-13)10-11-20-18(19-3)22(4)12-15-6-8-16(23-5)9-7-15;/h6-9H,10-12H2,1-5H3,(H,19,20);1H. The number of rotatable bonds is 6. The van der Waals surface area contributed by atoms with Gasteiger partial charge in [0.2, 0.25) is 0 Å². The molecule has 0 aliphatic rings. The summed E-state index contributed by atoms with van der Waals surface area (Å²) in [6.45, 7) is 5.85. The van der Waals surface area contributed by atoms with Crippen LogP contribution in [-0.2, 0) is 13.0 Å². The Morgan fingerprint density at radius 1 is 1.28 bits per heavy atom. The minimum absolute atomic E-state index is 0. The Morgan fingerprint density at radius 3 is 2.48 bits per heavy atom. The van der Waals surface area contributed by atoms with Crippen molar-refractivity contribution in [3.8, 4) is 0 Å². The van der Waals surface area contributed by atoms with Crippen LogP contribution in [-0.4, -0.2) is 42.7 Å². The van der Waals surface area contributed by atoms with Crippen LogP contribution in [0.15, 0.2) is 34.2 Å². The van der Waals surface area contributed by atoms with Crippen LogP contribution >= 0.6 is 47.1 Å². The molecular formula is C18H27IN4S2. The molecule has 1 aromatic carbocycles. The smallest absolute Gasteiger partial charge is 0.193 e. The van der Waals surface area contributed by atoms with Crippen molar-refractivity contribution in [3.63, 3.8) is 0 Å². The average Bonchev–Trinajstić information content (AvgIpc) is 2.89. The molecule has 2 aromatic rings. The topological polar surface area (TPSA) is 40.5 Å². The molecule has 0 aliphatic carbocycles. The predicted molar refractivity (Wildman–Crippen MR) is 122 cm³/mol. The third-order valence-corrected chi connectivity index (χ3v) is 5.66. The second-order valence-electron chi connectivity index (χ2n) is 5.67. The Labute approximate surface area is 176 Å². The maximum Gasteiger partial charge on any atom is 0.193 e. The summed E-state index contributed by atoms with van der Waals surface area (Å²) in [7, 11) is 3.90. The number of aromatic nitrogens is 1. The molecule has 0 spiro atoms. The molecule has 7 heteroatoms. The van der Waals surface area contributed by atoms with E-state index in [2.05, 4.69) is 71.6 Å². The lowest BCUT2D eigenvalue weighted by Crippen LogP contribution is -2.39. The van der Waals surface area contributed by atoms with Gasteiger partial charge in [-0.05, 0) is 37.8 Å². The van der Waals surface area contributed by atoms with Crippen LogP contribution in [0.3, 0.4) is 0 Å². The number of nitrogens with zero attached hydrogens (tertiary/aromatic N) is 3. The Morgan fingerprint density at radius 2 is 1.96 bits per heavy atom. The number of nitrogens with one attached hydrogen (secondary N) is 1. The van der Waals surface area contributed by atoms with E-state index < -0.39 is 0 Å². The first-order chi connectivity index (χ1) is 11.5. The molecular weight excluding hydrogens is 463 g/mol. The fraction of sp³-hybridized carbons (Fsp3) is 0.444. The molecule has 1 heterocycles. The highest BCUT2D eigenvalue weighted by atomic mass is 127. The number of thioether (sulfide) groups is 1. The lowest BCUT2D eigenvalue weighted by molar-refractivity contribution is 0.477. The molecule has 0 atom stereocenters. The van der Waals surface area contributed by atoms with E-state index in [1.807, 2.05) is 7.05 Å². The summed E-state index contributed by atoms with van der Waals surface area (Å²) in [6.07, 6.45) is 3.08. The fourth-order valence-electron chi connectivity index (χ4n) is 2.56. The molecule has 0 saturated carbocycles. The number of benzene rings is 1. The second kappa shape index (κ2) is 11.0. The van der Waals surface area contributed by atoms with Crippen molar-refractivity contribution in [3.05, 3.63) is 45.4 Å². The first-order valence-corrected chi connectivity index (χ1v) is 10.0. The zero-order valence-electron chi connectivity index (χ0n) is 15.5. The van der Waals surface area contributed by atoms with Crippen molar-refractivity contribution in [2.45, 2.75) is 31.7 Å². The van der Waals surface area contributed by atoms with E-state index in [4.69, 9.17) is 0 Å². The summed E-state index contributed by atoms with van der Waals surface area (Å²) in [6, 6.07) is 8.69. The molecule has 1 N–H and O–H groups in total. The van der Waals surface area contributed by atoms with E-state index in [9.17, 15) is 0 Å². The van der Waals surface area contributed by atoms with E-state index in [1.54, 1.807) is 23.1 Å². The third kappa shape index (κ3) is 6.79. The molecule has 4 nitrogen and oxygen atoms in total. The summed E-state index contributed by atoms with van der Waals surface area (Å²) in [5, 5.41) is 4.58. The summed E-state index contributed by atoms with van der Waals surface area (Å²) in [4.78, 5) is 13.7. The third-order valence-electron chi connectivity index (χ3n) is 3.79. The Hall–Kier alpha value is -0.800. The molecule has 1 aromatic heterocycles. The molecule has 0 radical (unpaired) electrons. The quantitative estimate of drug-likeness (QED) is 0.283. The van der Waals surface area contributed by atoms with Gasteiger partial charge in [0.15, 0.2) is 5.96 Å². The van der Waals surface area contributed by atoms with Gasteiger partial charge in [-0.25, -0.2) is 4.98 Å². The van der Waals surface area contributed by atoms with Crippen LogP contribution in [0.4, 0.5) is 0 Å². The van der Waals surface area contributed by atoms with Crippen molar-refractivity contribution < 1.29 is 0 Å². The van der Waals surface area contributed by atoms with Crippen molar-refractivity contribution in [2.75, 3.05) is 26.9 Å². The van der Waals surface area contributed by atoms with Crippen LogP contribution in [0.25, 0.3) is 0 Å². The number of hydrogen-bond donors (Lipinski definition) is 1. The van der Waals surface area contributed by atoms with Gasteiger partial charge in [-0.15, -0.1) is 47.1 Å². The molecule has 0 bridgehead atoms. The van der Waals surface area contributed by atoms with Gasteiger partial charge in [0.1, 0.15) is 0 Å². The van der Waals surface area contributed by atoms with E-state index in [-0.39, 0.29) is 24.0 Å². The molecule has 0 saturated heterocycles. The van der Waals surface area contributed by atoms with Gasteiger partial charge < -0.3 is 10.2 Å². The minimum atomic E-state index is 0. The Kier molecular flexibility index (Phi) is 9.81. The van der Waals surface area contributed by atoms with Gasteiger partial charge >= 0.3 is 0 Å². The summed E-state index contributed by atoms with van der Waals surface area (Å²) in [5.74, 6) is 0.919. The fourth-order valence-corrected chi connectivity index (χ4v) is 3.90. The second-order valence-corrected chi connectivity index (χ2v) is 7.84. The highest BCUT2D eigenvalue weighted by Crippen LogP contribution is 2.17. The van der Waals surface area contributed by atoms with Crippen LogP contribution < -0.4 is 5.32 Å². The molecule has 0 fully saturated rings. The summed E-state index contributed by atoms with van der Waals surface area (Å²) < 4.78 is 0. The zero-order valence-corrected chi connectivity index (χ0v) is 19.5. The van der Waals surface area contributed by atoms with Gasteiger partial charge in [0.05, 0.1) is 10.7 Å². The predicted octanol–water partition coefficient (Wildman–Crippen LogP) is 4.35. The lowest BCUT2D eigenvalue weighted by atomic mass is 10.2. The number of hydrogen-bond acceptors (Lipinski definition) is 4. The first-order valence-electron chi connectivity index (χ1n) is 8.01. The first kappa shape index (κ1) is 22.2. The molecule has 0 unspecified atom stereocenters. The Balaban J connectivity index is 0.00000312. The van der Waals surface area contributed by atoms with Crippen molar-refractivity contribution >= 4 is 53.0 Å². The summed E-state index contributed by atoms with van der Waals surface area (Å²) >= 11 is 3.55. The largest absolute Gasteiger partial charge is 0.356 e. The number of guanidine groups is 1. The van der Waals surface area contributed by atoms with Gasteiger partial charge in [-0.1, -0.05) is 12.1 Å². The van der Waals surface area contributed by atoms with E-state index in [1.165, 1.54) is 15.3 Å². The van der Waals surface area contributed by atoms with E-state index >= 15 is 0 Å². The Bertz CT molecular complexity index is 683. The highest BCUT2D eigenvalue weighted by Gasteiger charge is 2.08. The summed E-state index contributed by atoms with van der Waals surface area (Å²) in [5.41, 5.74) is 2.43. The van der Waals surface area contributed by atoms with E-state index in [0.29, 0.717) is 0 Å². The van der Waals surface area contributed by atoms with Crippen LogP contribution in [0.5, 0.6) is 0 Å². The van der Waals surface area contributed by atoms with E-state index in [0.717, 1.165) is 36.2 Å². The highest BCUT2D eigenvalue weighted by molar-refractivity contribution is 14.0. The SMILES string of the molecule is CN=C(NCCc1sc(C)nc1C)N(C)Cc1ccc(SC)cc1.I. The van der Waals surface area contributed by atoms with Crippen molar-refractivity contribution in [1.29, 1.82) is 0 Å². The lowest BCUT2D eigenvalue weighted by Gasteiger charge is -2.22. The monoisotopic (exact) mass is 490 g/mol. The molecule has 25 heavy (non-hydrogen) atoms. The molecule has 138 valence electrons. The number of aliphatic imine (C=N–C) groups is 1. The average molecular weight is 490 g/mol. The zero-order chi connectivity index (χ0) is 17.5. The molecule has 0 aliphatic heterocycles. The van der Waals surface area contributed by atoms with Gasteiger partial charge in [-0.3, -0.25) is 4.99 Å². The van der Waals surface area contributed by atoms with Crippen LogP contribution in [0.1, 0.15) is 21.1 Å².